The third-order valence-corrected chi connectivity index (χ3v) is 6.49. The summed E-state index contributed by atoms with van der Waals surface area (Å²) in [6.07, 6.45) is 0.248. The van der Waals surface area contributed by atoms with Crippen molar-refractivity contribution in [3.63, 3.8) is 0 Å². The lowest BCUT2D eigenvalue weighted by Crippen LogP contribution is -2.44. The lowest BCUT2D eigenvalue weighted by Gasteiger charge is -2.31. The normalized spacial score (nSPS) is 14.8. The van der Waals surface area contributed by atoms with E-state index in [4.69, 9.17) is 14.2 Å². The van der Waals surface area contributed by atoms with Gasteiger partial charge in [-0.1, -0.05) is 42.5 Å². The smallest absolute Gasteiger partial charge is 0.254 e. The molecule has 1 aliphatic rings. The van der Waals surface area contributed by atoms with E-state index in [-0.39, 0.29) is 30.9 Å². The highest BCUT2D eigenvalue weighted by Gasteiger charge is 2.28. The molecule has 2 amide bonds. The molecule has 1 unspecified atom stereocenters. The Labute approximate surface area is 210 Å². The highest BCUT2D eigenvalue weighted by atomic mass is 16.5. The number of likely N-dealkylation sites (tertiary alicyclic amines) is 1. The molecule has 4 rings (SSSR count). The first-order chi connectivity index (χ1) is 17.5. The molecule has 2 N–H and O–H groups in total. The number of carbonyl (C=O) groups excluding carboxylic acids is 2. The first-order valence-electron chi connectivity index (χ1n) is 12.1. The highest BCUT2D eigenvalue weighted by Crippen LogP contribution is 2.36. The summed E-state index contributed by atoms with van der Waals surface area (Å²) in [5.41, 5.74) is 0.686. The van der Waals surface area contributed by atoms with Crippen molar-refractivity contribution >= 4 is 22.6 Å². The topological polar surface area (TPSA) is 97.3 Å². The number of carbonyl (C=O) groups is 2. The lowest BCUT2D eigenvalue weighted by atomic mass is 9.94. The number of nitrogens with one attached hydrogen (secondary N) is 1. The number of nitrogens with zero attached hydrogens (tertiary/aromatic N) is 1. The first-order valence-corrected chi connectivity index (χ1v) is 12.1. The largest absolute Gasteiger partial charge is 0.493 e. The molecule has 1 saturated heterocycles. The SMILES string of the molecule is COc1cccc(OC)c1OCC(O)CNC(=O)C1CCN(C(=O)c2cccc3ccccc23)CC1. The van der Waals surface area contributed by atoms with Gasteiger partial charge < -0.3 is 29.5 Å². The monoisotopic (exact) mass is 492 g/mol. The number of rotatable bonds is 9. The van der Waals surface area contributed by atoms with E-state index in [0.29, 0.717) is 48.7 Å². The molecule has 36 heavy (non-hydrogen) atoms. The second-order valence-corrected chi connectivity index (χ2v) is 8.79. The fourth-order valence-electron chi connectivity index (χ4n) is 4.49. The molecule has 0 aromatic heterocycles. The Morgan fingerprint density at radius 1 is 0.972 bits per heavy atom. The number of piperidine rings is 1. The Bertz CT molecular complexity index is 1180. The van der Waals surface area contributed by atoms with E-state index in [1.807, 2.05) is 47.4 Å². The molecule has 3 aromatic rings. The van der Waals surface area contributed by atoms with E-state index >= 15 is 0 Å². The van der Waals surface area contributed by atoms with Crippen LogP contribution in [-0.2, 0) is 4.79 Å². The van der Waals surface area contributed by atoms with E-state index in [1.165, 1.54) is 14.2 Å². The number of hydrogen-bond donors (Lipinski definition) is 2. The van der Waals surface area contributed by atoms with Gasteiger partial charge in [-0.05, 0) is 41.8 Å². The van der Waals surface area contributed by atoms with Crippen LogP contribution in [0.25, 0.3) is 10.8 Å². The van der Waals surface area contributed by atoms with Crippen LogP contribution in [0.15, 0.2) is 60.7 Å². The van der Waals surface area contributed by atoms with Crippen LogP contribution in [-0.4, -0.2) is 68.4 Å². The minimum Gasteiger partial charge on any atom is -0.493 e. The van der Waals surface area contributed by atoms with Crippen molar-refractivity contribution in [3.8, 4) is 17.2 Å². The number of benzene rings is 3. The summed E-state index contributed by atoms with van der Waals surface area (Å²) >= 11 is 0. The standard InChI is InChI=1S/C28H32N2O6/c1-34-24-11-6-12-25(35-2)26(24)36-18-21(31)17-29-27(32)20-13-15-30(16-14-20)28(33)23-10-5-8-19-7-3-4-9-22(19)23/h3-12,20-21,31H,13-18H2,1-2H3,(H,29,32). The summed E-state index contributed by atoms with van der Waals surface area (Å²) in [5, 5.41) is 15.1. The average Bonchev–Trinajstić information content (AvgIpc) is 2.93. The number of amides is 2. The minimum absolute atomic E-state index is 0.00926. The van der Waals surface area contributed by atoms with Gasteiger partial charge in [-0.3, -0.25) is 9.59 Å². The van der Waals surface area contributed by atoms with E-state index in [0.717, 1.165) is 10.8 Å². The number of methoxy groups -OCH3 is 2. The maximum absolute atomic E-state index is 13.1. The van der Waals surface area contributed by atoms with Crippen molar-refractivity contribution in [1.29, 1.82) is 0 Å². The Morgan fingerprint density at radius 2 is 1.61 bits per heavy atom. The van der Waals surface area contributed by atoms with Crippen LogP contribution in [0, 0.1) is 5.92 Å². The molecular weight excluding hydrogens is 460 g/mol. The van der Waals surface area contributed by atoms with Gasteiger partial charge in [0.15, 0.2) is 11.5 Å². The van der Waals surface area contributed by atoms with Gasteiger partial charge in [-0.25, -0.2) is 0 Å². The zero-order valence-electron chi connectivity index (χ0n) is 20.6. The van der Waals surface area contributed by atoms with Crippen LogP contribution >= 0.6 is 0 Å². The molecule has 8 nitrogen and oxygen atoms in total. The molecular formula is C28H32N2O6. The van der Waals surface area contributed by atoms with Gasteiger partial charge >= 0.3 is 0 Å². The van der Waals surface area contributed by atoms with Crippen LogP contribution in [0.1, 0.15) is 23.2 Å². The quantitative estimate of drug-likeness (QED) is 0.476. The fraction of sp³-hybridized carbons (Fsp3) is 0.357. The van der Waals surface area contributed by atoms with E-state index < -0.39 is 6.10 Å². The number of hydrogen-bond acceptors (Lipinski definition) is 6. The van der Waals surface area contributed by atoms with Gasteiger partial charge in [0.2, 0.25) is 11.7 Å². The molecule has 1 fully saturated rings. The van der Waals surface area contributed by atoms with Crippen molar-refractivity contribution in [3.05, 3.63) is 66.2 Å². The number of fused-ring (bicyclic) bond motifs is 1. The summed E-state index contributed by atoms with van der Waals surface area (Å²) in [5.74, 6) is 1.05. The van der Waals surface area contributed by atoms with Crippen LogP contribution in [0.2, 0.25) is 0 Å². The van der Waals surface area contributed by atoms with Crippen molar-refractivity contribution in [2.75, 3.05) is 40.5 Å². The summed E-state index contributed by atoms with van der Waals surface area (Å²) in [4.78, 5) is 27.7. The molecule has 0 bridgehead atoms. The van der Waals surface area contributed by atoms with Crippen LogP contribution in [0.4, 0.5) is 0 Å². The van der Waals surface area contributed by atoms with Gasteiger partial charge in [0.1, 0.15) is 12.7 Å². The number of aliphatic hydroxyl groups excluding tert-OH is 1. The van der Waals surface area contributed by atoms with Gasteiger partial charge in [-0.2, -0.15) is 0 Å². The number of para-hydroxylation sites is 1. The molecule has 8 heteroatoms. The van der Waals surface area contributed by atoms with Gasteiger partial charge in [0.05, 0.1) is 14.2 Å². The van der Waals surface area contributed by atoms with E-state index in [1.54, 1.807) is 18.2 Å². The van der Waals surface area contributed by atoms with Crippen molar-refractivity contribution < 1.29 is 28.9 Å². The molecule has 0 radical (unpaired) electrons. The van der Waals surface area contributed by atoms with Crippen molar-refractivity contribution in [2.24, 2.45) is 5.92 Å². The zero-order chi connectivity index (χ0) is 25.5. The summed E-state index contributed by atoms with van der Waals surface area (Å²) < 4.78 is 16.3. The zero-order valence-corrected chi connectivity index (χ0v) is 20.6. The predicted molar refractivity (Wildman–Crippen MR) is 137 cm³/mol. The summed E-state index contributed by atoms with van der Waals surface area (Å²) in [7, 11) is 3.05. The van der Waals surface area contributed by atoms with Gasteiger partial charge in [-0.15, -0.1) is 0 Å². The van der Waals surface area contributed by atoms with Crippen molar-refractivity contribution in [1.82, 2.24) is 10.2 Å². The van der Waals surface area contributed by atoms with Gasteiger partial charge in [0.25, 0.3) is 5.91 Å². The predicted octanol–water partition coefficient (Wildman–Crippen LogP) is 3.27. The second-order valence-electron chi connectivity index (χ2n) is 8.79. The van der Waals surface area contributed by atoms with Crippen LogP contribution in [0.3, 0.4) is 0 Å². The maximum Gasteiger partial charge on any atom is 0.254 e. The first kappa shape index (κ1) is 25.3. The molecule has 1 heterocycles. The Hall–Kier alpha value is -3.78. The number of aliphatic hydroxyl groups is 1. The Balaban J connectivity index is 1.25. The van der Waals surface area contributed by atoms with Gasteiger partial charge in [0, 0.05) is 31.1 Å². The minimum atomic E-state index is -0.906. The highest BCUT2D eigenvalue weighted by molar-refractivity contribution is 6.07. The molecule has 190 valence electrons. The van der Waals surface area contributed by atoms with E-state index in [2.05, 4.69) is 5.32 Å². The number of ether oxygens (including phenoxy) is 3. The Morgan fingerprint density at radius 3 is 2.31 bits per heavy atom. The molecule has 3 aromatic carbocycles. The third kappa shape index (κ3) is 5.71. The van der Waals surface area contributed by atoms with Crippen molar-refractivity contribution in [2.45, 2.75) is 18.9 Å². The fourth-order valence-corrected chi connectivity index (χ4v) is 4.49. The van der Waals surface area contributed by atoms with Crippen LogP contribution < -0.4 is 19.5 Å². The lowest BCUT2D eigenvalue weighted by molar-refractivity contribution is -0.126. The maximum atomic E-state index is 13.1. The Kier molecular flexibility index (Phi) is 8.28. The molecule has 0 spiro atoms. The molecule has 1 atom stereocenters. The molecule has 0 aliphatic carbocycles. The summed E-state index contributed by atoms with van der Waals surface area (Å²) in [6.45, 7) is 1.05. The van der Waals surface area contributed by atoms with E-state index in [9.17, 15) is 14.7 Å². The summed E-state index contributed by atoms with van der Waals surface area (Å²) in [6, 6.07) is 18.9. The second kappa shape index (κ2) is 11.8. The molecule has 1 aliphatic heterocycles. The molecule has 0 saturated carbocycles. The van der Waals surface area contributed by atoms with Crippen LogP contribution in [0.5, 0.6) is 17.2 Å². The average molecular weight is 493 g/mol. The third-order valence-electron chi connectivity index (χ3n) is 6.49.